The van der Waals surface area contributed by atoms with E-state index in [9.17, 15) is 4.79 Å². The van der Waals surface area contributed by atoms with E-state index in [4.69, 9.17) is 4.98 Å². The van der Waals surface area contributed by atoms with Crippen LogP contribution in [-0.4, -0.2) is 81.9 Å². The van der Waals surface area contributed by atoms with Crippen LogP contribution in [0.25, 0.3) is 11.0 Å². The van der Waals surface area contributed by atoms with E-state index >= 15 is 0 Å². The standard InChI is InChI=1S/C28H42N8O/c1-19(2)36-27-25(18-30-36)22(16-29-17-24-20(3)14-21(4)31-28(24)37)15-26(32-27)35-8-6-23(7-9-35)34-12-10-33(5)11-13-34/h14-15,18-19,23,29H,6-13,16-17H2,1-5H3,(H,31,37). The molecule has 0 radical (unpaired) electrons. The number of nitrogens with one attached hydrogen (secondary N) is 2. The molecule has 0 saturated carbocycles. The molecule has 0 unspecified atom stereocenters. The molecule has 2 fully saturated rings. The fraction of sp³-hybridized carbons (Fsp3) is 0.607. The number of likely N-dealkylation sites (N-methyl/N-ethyl adjacent to an activating group) is 1. The van der Waals surface area contributed by atoms with Crippen molar-refractivity contribution < 1.29 is 0 Å². The molecule has 2 saturated heterocycles. The Bertz CT molecular complexity index is 1280. The third-order valence-corrected chi connectivity index (χ3v) is 8.08. The zero-order valence-electron chi connectivity index (χ0n) is 23.0. The third kappa shape index (κ3) is 5.58. The van der Waals surface area contributed by atoms with E-state index < -0.39 is 0 Å². The number of anilines is 1. The number of nitrogens with zero attached hydrogens (tertiary/aromatic N) is 6. The lowest BCUT2D eigenvalue weighted by Gasteiger charge is -2.42. The van der Waals surface area contributed by atoms with Gasteiger partial charge in [0, 0.05) is 81.1 Å². The Morgan fingerprint density at radius 3 is 2.46 bits per heavy atom. The van der Waals surface area contributed by atoms with Crippen LogP contribution < -0.4 is 15.8 Å². The molecular formula is C28H42N8O. The van der Waals surface area contributed by atoms with E-state index in [1.807, 2.05) is 30.8 Å². The molecule has 2 aliphatic heterocycles. The SMILES string of the molecule is Cc1cc(C)c(CNCc2cc(N3CCC(N4CCN(C)CC4)CC3)nc3c2cnn3C(C)C)c(=O)[nH]1. The molecule has 2 N–H and O–H groups in total. The van der Waals surface area contributed by atoms with Crippen molar-refractivity contribution in [1.82, 2.24) is 34.9 Å². The largest absolute Gasteiger partial charge is 0.356 e. The monoisotopic (exact) mass is 506 g/mol. The van der Waals surface area contributed by atoms with Crippen molar-refractivity contribution in [1.29, 1.82) is 0 Å². The van der Waals surface area contributed by atoms with Gasteiger partial charge in [0.15, 0.2) is 5.65 Å². The van der Waals surface area contributed by atoms with Gasteiger partial charge >= 0.3 is 0 Å². The van der Waals surface area contributed by atoms with Crippen molar-refractivity contribution in [2.75, 3.05) is 51.2 Å². The van der Waals surface area contributed by atoms with E-state index in [1.54, 1.807) is 0 Å². The van der Waals surface area contributed by atoms with Gasteiger partial charge in [-0.15, -0.1) is 0 Å². The van der Waals surface area contributed by atoms with E-state index in [-0.39, 0.29) is 11.6 Å². The molecule has 0 aromatic carbocycles. The lowest BCUT2D eigenvalue weighted by molar-refractivity contribution is 0.0981. The summed E-state index contributed by atoms with van der Waals surface area (Å²) in [5, 5.41) is 9.26. The van der Waals surface area contributed by atoms with Gasteiger partial charge in [0.1, 0.15) is 5.82 Å². The van der Waals surface area contributed by atoms with Crippen LogP contribution in [0.1, 0.15) is 55.1 Å². The lowest BCUT2D eigenvalue weighted by atomic mass is 10.0. The topological polar surface area (TPSA) is 85.3 Å². The third-order valence-electron chi connectivity index (χ3n) is 8.08. The summed E-state index contributed by atoms with van der Waals surface area (Å²) in [7, 11) is 2.22. The first-order valence-corrected chi connectivity index (χ1v) is 13.7. The first kappa shape index (κ1) is 25.9. The molecule has 3 aromatic rings. The van der Waals surface area contributed by atoms with Gasteiger partial charge in [0.05, 0.1) is 6.20 Å². The zero-order chi connectivity index (χ0) is 26.1. The summed E-state index contributed by atoms with van der Waals surface area (Å²) < 4.78 is 2.02. The van der Waals surface area contributed by atoms with Crippen LogP contribution in [-0.2, 0) is 13.1 Å². The number of rotatable bonds is 7. The van der Waals surface area contributed by atoms with Crippen LogP contribution >= 0.6 is 0 Å². The van der Waals surface area contributed by atoms with Gasteiger partial charge in [0.2, 0.25) is 0 Å². The fourth-order valence-corrected chi connectivity index (χ4v) is 5.82. The van der Waals surface area contributed by atoms with Crippen LogP contribution in [0.2, 0.25) is 0 Å². The Labute approximate surface area is 219 Å². The molecule has 0 aliphatic carbocycles. The van der Waals surface area contributed by atoms with Gasteiger partial charge in [-0.05, 0) is 70.8 Å². The van der Waals surface area contributed by atoms with Crippen LogP contribution in [0.4, 0.5) is 5.82 Å². The quantitative estimate of drug-likeness (QED) is 0.510. The number of H-pyrrole nitrogens is 1. The van der Waals surface area contributed by atoms with Crippen LogP contribution in [0.15, 0.2) is 23.1 Å². The predicted molar refractivity (Wildman–Crippen MR) is 149 cm³/mol. The summed E-state index contributed by atoms with van der Waals surface area (Å²) in [6.45, 7) is 16.1. The lowest BCUT2D eigenvalue weighted by Crippen LogP contribution is -2.52. The van der Waals surface area contributed by atoms with E-state index in [2.05, 4.69) is 57.1 Å². The average Bonchev–Trinajstić information content (AvgIpc) is 3.31. The molecule has 9 nitrogen and oxygen atoms in total. The van der Waals surface area contributed by atoms with Gasteiger partial charge in [0.25, 0.3) is 5.56 Å². The summed E-state index contributed by atoms with van der Waals surface area (Å²) in [5.41, 5.74) is 4.81. The number of hydrogen-bond donors (Lipinski definition) is 2. The maximum Gasteiger partial charge on any atom is 0.252 e. The highest BCUT2D eigenvalue weighted by Crippen LogP contribution is 2.28. The molecule has 2 aliphatic rings. The van der Waals surface area contributed by atoms with Gasteiger partial charge in [-0.25, -0.2) is 9.67 Å². The number of hydrogen-bond acceptors (Lipinski definition) is 7. The minimum absolute atomic E-state index is 0.0126. The summed E-state index contributed by atoms with van der Waals surface area (Å²) in [6.07, 6.45) is 4.29. The first-order valence-electron chi connectivity index (χ1n) is 13.7. The molecule has 0 amide bonds. The Morgan fingerprint density at radius 1 is 1.05 bits per heavy atom. The summed E-state index contributed by atoms with van der Waals surface area (Å²) >= 11 is 0. The van der Waals surface area contributed by atoms with E-state index in [1.165, 1.54) is 44.6 Å². The molecule has 5 rings (SSSR count). The second-order valence-corrected chi connectivity index (χ2v) is 11.2. The van der Waals surface area contributed by atoms with Gasteiger partial charge in [-0.3, -0.25) is 9.69 Å². The van der Waals surface area contributed by atoms with E-state index in [0.29, 0.717) is 19.1 Å². The number of pyridine rings is 2. The Kier molecular flexibility index (Phi) is 7.65. The van der Waals surface area contributed by atoms with Crippen molar-refractivity contribution >= 4 is 16.9 Å². The van der Waals surface area contributed by atoms with Crippen molar-refractivity contribution in [3.05, 3.63) is 51.1 Å². The molecule has 0 bridgehead atoms. The molecule has 3 aromatic heterocycles. The summed E-state index contributed by atoms with van der Waals surface area (Å²) in [6, 6.07) is 5.16. The normalized spacial score (nSPS) is 18.4. The van der Waals surface area contributed by atoms with Gasteiger partial charge in [-0.2, -0.15) is 5.10 Å². The highest BCUT2D eigenvalue weighted by Gasteiger charge is 2.28. The number of aromatic amines is 1. The second-order valence-electron chi connectivity index (χ2n) is 11.2. The van der Waals surface area contributed by atoms with Crippen molar-refractivity contribution in [2.45, 2.75) is 65.7 Å². The highest BCUT2D eigenvalue weighted by molar-refractivity contribution is 5.81. The van der Waals surface area contributed by atoms with Crippen LogP contribution in [0, 0.1) is 13.8 Å². The molecule has 200 valence electrons. The number of piperidine rings is 1. The van der Waals surface area contributed by atoms with Crippen molar-refractivity contribution in [2.24, 2.45) is 0 Å². The fourth-order valence-electron chi connectivity index (χ4n) is 5.82. The minimum atomic E-state index is -0.0126. The molecule has 0 atom stereocenters. The van der Waals surface area contributed by atoms with Crippen molar-refractivity contribution in [3.63, 3.8) is 0 Å². The average molecular weight is 507 g/mol. The minimum Gasteiger partial charge on any atom is -0.356 e. The second kappa shape index (κ2) is 10.9. The number of piperazine rings is 1. The maximum absolute atomic E-state index is 12.5. The zero-order valence-corrected chi connectivity index (χ0v) is 23.0. The Balaban J connectivity index is 1.34. The molecule has 5 heterocycles. The number of fused-ring (bicyclic) bond motifs is 1. The van der Waals surface area contributed by atoms with Gasteiger partial charge in [-0.1, -0.05) is 0 Å². The first-order chi connectivity index (χ1) is 17.8. The number of aromatic nitrogens is 4. The van der Waals surface area contributed by atoms with Gasteiger partial charge < -0.3 is 20.1 Å². The maximum atomic E-state index is 12.5. The highest BCUT2D eigenvalue weighted by atomic mass is 16.1. The van der Waals surface area contributed by atoms with Crippen LogP contribution in [0.5, 0.6) is 0 Å². The summed E-state index contributed by atoms with van der Waals surface area (Å²) in [4.78, 5) is 28.1. The number of aryl methyl sites for hydroxylation is 2. The summed E-state index contributed by atoms with van der Waals surface area (Å²) in [5.74, 6) is 1.04. The smallest absolute Gasteiger partial charge is 0.252 e. The predicted octanol–water partition coefficient (Wildman–Crippen LogP) is 2.82. The van der Waals surface area contributed by atoms with E-state index in [0.717, 1.165) is 46.8 Å². The molecule has 0 spiro atoms. The van der Waals surface area contributed by atoms with Crippen LogP contribution in [0.3, 0.4) is 0 Å². The Morgan fingerprint density at radius 2 is 1.78 bits per heavy atom. The molecule has 9 heteroatoms. The Hall–Kier alpha value is -2.75. The van der Waals surface area contributed by atoms with Crippen molar-refractivity contribution in [3.8, 4) is 0 Å². The molecule has 37 heavy (non-hydrogen) atoms. The molecular weight excluding hydrogens is 464 g/mol.